The lowest BCUT2D eigenvalue weighted by molar-refractivity contribution is 1.26. The molecule has 3 aromatic rings. The number of nitrogen functional groups attached to an aromatic ring is 1. The van der Waals surface area contributed by atoms with E-state index in [9.17, 15) is 5.26 Å². The van der Waals surface area contributed by atoms with Gasteiger partial charge < -0.3 is 5.73 Å². The van der Waals surface area contributed by atoms with E-state index in [0.29, 0.717) is 26.7 Å². The summed E-state index contributed by atoms with van der Waals surface area (Å²) in [7, 11) is 0. The third-order valence-electron chi connectivity index (χ3n) is 3.85. The van der Waals surface area contributed by atoms with Crippen molar-refractivity contribution in [3.63, 3.8) is 0 Å². The second kappa shape index (κ2) is 6.52. The van der Waals surface area contributed by atoms with Crippen molar-refractivity contribution in [3.8, 4) is 28.5 Å². The molecule has 0 atom stereocenters. The third kappa shape index (κ3) is 2.71. The van der Waals surface area contributed by atoms with Crippen LogP contribution in [-0.2, 0) is 0 Å². The number of nitrogens with two attached hydrogens (primary N) is 1. The van der Waals surface area contributed by atoms with E-state index in [4.69, 9.17) is 28.9 Å². The Balaban J connectivity index is 2.39. The number of hydrogen-bond acceptors (Lipinski definition) is 3. The van der Waals surface area contributed by atoms with Crippen LogP contribution in [0.5, 0.6) is 0 Å². The van der Waals surface area contributed by atoms with Crippen LogP contribution in [0, 0.1) is 18.3 Å². The van der Waals surface area contributed by atoms with E-state index in [1.54, 1.807) is 12.1 Å². The number of pyridine rings is 1. The molecule has 3 nitrogen and oxygen atoms in total. The summed E-state index contributed by atoms with van der Waals surface area (Å²) < 4.78 is 0. The first kappa shape index (κ1) is 16.3. The highest BCUT2D eigenvalue weighted by Gasteiger charge is 2.20. The van der Waals surface area contributed by atoms with Crippen LogP contribution in [0.15, 0.2) is 48.5 Å². The van der Waals surface area contributed by atoms with Crippen molar-refractivity contribution in [1.29, 1.82) is 5.26 Å². The summed E-state index contributed by atoms with van der Waals surface area (Å²) in [5.41, 5.74) is 10.2. The van der Waals surface area contributed by atoms with Gasteiger partial charge in [0, 0.05) is 16.7 Å². The van der Waals surface area contributed by atoms with Crippen molar-refractivity contribution in [2.45, 2.75) is 6.92 Å². The molecule has 0 spiro atoms. The Morgan fingerprint density at radius 2 is 1.75 bits per heavy atom. The van der Waals surface area contributed by atoms with Crippen LogP contribution < -0.4 is 5.73 Å². The number of rotatable bonds is 2. The Bertz CT molecular complexity index is 961. The average molecular weight is 354 g/mol. The number of anilines is 1. The number of benzene rings is 2. The summed E-state index contributed by atoms with van der Waals surface area (Å²) in [4.78, 5) is 4.43. The summed E-state index contributed by atoms with van der Waals surface area (Å²) in [5, 5.41) is 10.4. The SMILES string of the molecule is Cc1c(-c2ccccc2)nc(N)c(C#N)c1-c1cccc(Cl)c1Cl. The molecule has 1 aromatic heterocycles. The lowest BCUT2D eigenvalue weighted by Crippen LogP contribution is -2.03. The second-order valence-corrected chi connectivity index (χ2v) is 6.09. The fourth-order valence-corrected chi connectivity index (χ4v) is 3.11. The summed E-state index contributed by atoms with van der Waals surface area (Å²) >= 11 is 12.5. The molecule has 2 aromatic carbocycles. The van der Waals surface area contributed by atoms with Gasteiger partial charge in [0.2, 0.25) is 0 Å². The lowest BCUT2D eigenvalue weighted by Gasteiger charge is -2.16. The van der Waals surface area contributed by atoms with Crippen LogP contribution in [-0.4, -0.2) is 4.98 Å². The molecular weight excluding hydrogens is 341 g/mol. The van der Waals surface area contributed by atoms with Crippen LogP contribution in [0.4, 0.5) is 5.82 Å². The maximum Gasteiger partial charge on any atom is 0.142 e. The zero-order valence-electron chi connectivity index (χ0n) is 12.8. The maximum absolute atomic E-state index is 9.56. The van der Waals surface area contributed by atoms with Gasteiger partial charge in [-0.2, -0.15) is 5.26 Å². The molecule has 0 amide bonds. The van der Waals surface area contributed by atoms with Gasteiger partial charge >= 0.3 is 0 Å². The van der Waals surface area contributed by atoms with Gasteiger partial charge in [-0.1, -0.05) is 65.7 Å². The van der Waals surface area contributed by atoms with Gasteiger partial charge in [0.25, 0.3) is 0 Å². The second-order valence-electron chi connectivity index (χ2n) is 5.30. The van der Waals surface area contributed by atoms with Crippen LogP contribution in [0.2, 0.25) is 10.0 Å². The largest absolute Gasteiger partial charge is 0.383 e. The van der Waals surface area contributed by atoms with Gasteiger partial charge in [0.15, 0.2) is 0 Å². The Kier molecular flexibility index (Phi) is 4.44. The smallest absolute Gasteiger partial charge is 0.142 e. The minimum Gasteiger partial charge on any atom is -0.383 e. The Morgan fingerprint density at radius 1 is 1.04 bits per heavy atom. The van der Waals surface area contributed by atoms with Gasteiger partial charge in [-0.05, 0) is 18.6 Å². The van der Waals surface area contributed by atoms with Gasteiger partial charge in [-0.15, -0.1) is 0 Å². The van der Waals surface area contributed by atoms with E-state index in [1.807, 2.05) is 43.3 Å². The number of halogens is 2. The Labute approximate surface area is 150 Å². The molecule has 118 valence electrons. The molecular formula is C19H13Cl2N3. The summed E-state index contributed by atoms with van der Waals surface area (Å²) in [6.45, 7) is 1.90. The Hall–Kier alpha value is -2.54. The maximum atomic E-state index is 9.56. The highest BCUT2D eigenvalue weighted by Crippen LogP contribution is 2.40. The summed E-state index contributed by atoms with van der Waals surface area (Å²) in [6, 6.07) is 17.1. The normalized spacial score (nSPS) is 10.4. The van der Waals surface area contributed by atoms with Crippen molar-refractivity contribution in [2.24, 2.45) is 0 Å². The molecule has 0 radical (unpaired) electrons. The van der Waals surface area contributed by atoms with Gasteiger partial charge in [0.05, 0.1) is 15.7 Å². The number of nitrogens with zero attached hydrogens (tertiary/aromatic N) is 2. The summed E-state index contributed by atoms with van der Waals surface area (Å²) in [5.74, 6) is 0.174. The zero-order chi connectivity index (χ0) is 17.3. The highest BCUT2D eigenvalue weighted by atomic mass is 35.5. The summed E-state index contributed by atoms with van der Waals surface area (Å²) in [6.07, 6.45) is 0. The quantitative estimate of drug-likeness (QED) is 0.662. The molecule has 0 aliphatic heterocycles. The molecule has 0 saturated heterocycles. The molecule has 5 heteroatoms. The minimum absolute atomic E-state index is 0.174. The highest BCUT2D eigenvalue weighted by molar-refractivity contribution is 6.43. The minimum atomic E-state index is 0.174. The van der Waals surface area contributed by atoms with E-state index >= 15 is 0 Å². The molecule has 0 unspecified atom stereocenters. The number of hydrogen-bond donors (Lipinski definition) is 1. The van der Waals surface area contributed by atoms with Crippen LogP contribution in [0.1, 0.15) is 11.1 Å². The fourth-order valence-electron chi connectivity index (χ4n) is 2.72. The monoisotopic (exact) mass is 353 g/mol. The predicted octanol–water partition coefficient (Wildman–Crippen LogP) is 5.48. The number of aromatic nitrogens is 1. The van der Waals surface area contributed by atoms with E-state index < -0.39 is 0 Å². The third-order valence-corrected chi connectivity index (χ3v) is 4.67. The van der Waals surface area contributed by atoms with E-state index in [2.05, 4.69) is 11.1 Å². The first-order valence-electron chi connectivity index (χ1n) is 7.24. The van der Waals surface area contributed by atoms with E-state index in [0.717, 1.165) is 16.8 Å². The number of nitriles is 1. The van der Waals surface area contributed by atoms with Crippen molar-refractivity contribution >= 4 is 29.0 Å². The molecule has 2 N–H and O–H groups in total. The topological polar surface area (TPSA) is 62.7 Å². The van der Waals surface area contributed by atoms with Crippen molar-refractivity contribution in [1.82, 2.24) is 4.98 Å². The Morgan fingerprint density at radius 3 is 2.42 bits per heavy atom. The molecule has 3 rings (SSSR count). The molecule has 0 aliphatic rings. The first-order valence-corrected chi connectivity index (χ1v) is 8.00. The standard InChI is InChI=1S/C19H13Cl2N3/c1-11-16(13-8-5-9-15(20)17(13)21)14(10-22)19(23)24-18(11)12-6-3-2-4-7-12/h2-9H,1H3,(H2,23,24). The first-order chi connectivity index (χ1) is 11.5. The molecule has 0 saturated carbocycles. The van der Waals surface area contributed by atoms with Gasteiger partial charge in [-0.3, -0.25) is 0 Å². The molecule has 1 heterocycles. The fraction of sp³-hybridized carbons (Fsp3) is 0.0526. The van der Waals surface area contributed by atoms with Crippen LogP contribution >= 0.6 is 23.2 Å². The predicted molar refractivity (Wildman–Crippen MR) is 99.0 cm³/mol. The van der Waals surface area contributed by atoms with Crippen molar-refractivity contribution in [2.75, 3.05) is 5.73 Å². The van der Waals surface area contributed by atoms with Crippen LogP contribution in [0.3, 0.4) is 0 Å². The van der Waals surface area contributed by atoms with Crippen molar-refractivity contribution in [3.05, 3.63) is 69.7 Å². The van der Waals surface area contributed by atoms with Crippen molar-refractivity contribution < 1.29 is 0 Å². The van der Waals surface area contributed by atoms with Gasteiger partial charge in [-0.25, -0.2) is 4.98 Å². The average Bonchev–Trinajstić information content (AvgIpc) is 2.60. The zero-order valence-corrected chi connectivity index (χ0v) is 14.4. The molecule has 0 fully saturated rings. The van der Waals surface area contributed by atoms with E-state index in [-0.39, 0.29) is 5.82 Å². The molecule has 0 aliphatic carbocycles. The molecule has 24 heavy (non-hydrogen) atoms. The van der Waals surface area contributed by atoms with E-state index in [1.165, 1.54) is 0 Å². The lowest BCUT2D eigenvalue weighted by atomic mass is 9.93. The van der Waals surface area contributed by atoms with Crippen LogP contribution in [0.25, 0.3) is 22.4 Å². The molecule has 0 bridgehead atoms. The van der Waals surface area contributed by atoms with Gasteiger partial charge in [0.1, 0.15) is 17.5 Å².